The van der Waals surface area contributed by atoms with Gasteiger partial charge in [-0.2, -0.15) is 0 Å². The van der Waals surface area contributed by atoms with Gasteiger partial charge in [-0.15, -0.1) is 0 Å². The molecule has 278 valence electrons. The van der Waals surface area contributed by atoms with Gasteiger partial charge >= 0.3 is 24.1 Å². The molecule has 2 atom stereocenters. The molecule has 0 spiro atoms. The highest BCUT2D eigenvalue weighted by Crippen LogP contribution is 2.11. The summed E-state index contributed by atoms with van der Waals surface area (Å²) in [5.41, 5.74) is 3.16. The zero-order chi connectivity index (χ0) is 37.5. The summed E-state index contributed by atoms with van der Waals surface area (Å²) in [4.78, 5) is 64.6. The molecule has 0 aromatic heterocycles. The highest BCUT2D eigenvalue weighted by Gasteiger charge is 2.29. The number of hydrogen-bond donors (Lipinski definition) is 3. The Morgan fingerprint density at radius 1 is 0.472 bits per heavy atom. The lowest BCUT2D eigenvalue weighted by Gasteiger charge is -2.22. The van der Waals surface area contributed by atoms with Crippen molar-refractivity contribution >= 4 is 30.0 Å². The number of carbonyl (C=O) groups excluding carboxylic acids is 5. The summed E-state index contributed by atoms with van der Waals surface area (Å²) in [7, 11) is 0. The Morgan fingerprint density at radius 3 is 1.43 bits per heavy atom. The van der Waals surface area contributed by atoms with Gasteiger partial charge in [-0.1, -0.05) is 121 Å². The molecular weight excluding hydrogens is 678 g/mol. The molecule has 4 rings (SSSR count). The Hall–Kier alpha value is -6.17. The molecule has 0 saturated carbocycles. The zero-order valence-electron chi connectivity index (χ0n) is 29.4. The fourth-order valence-corrected chi connectivity index (χ4v) is 5.04. The summed E-state index contributed by atoms with van der Waals surface area (Å²) in [6.45, 7) is 0.393. The minimum atomic E-state index is -1.22. The lowest BCUT2D eigenvalue weighted by molar-refractivity contribution is -0.150. The number of esters is 2. The number of alkyl carbamates (subject to hydrolysis) is 2. The number of nitrogens with one attached hydrogen (secondary N) is 3. The summed E-state index contributed by atoms with van der Waals surface area (Å²) in [6, 6.07) is 34.2. The number of carbonyl (C=O) groups is 5. The fraction of sp³-hybridized carbons (Fsp3) is 0.293. The first-order valence-electron chi connectivity index (χ1n) is 17.5. The van der Waals surface area contributed by atoms with Gasteiger partial charge < -0.3 is 34.9 Å². The van der Waals surface area contributed by atoms with E-state index >= 15 is 0 Å². The highest BCUT2D eigenvalue weighted by molar-refractivity contribution is 5.90. The molecule has 0 radical (unpaired) electrons. The van der Waals surface area contributed by atoms with Crippen LogP contribution in [0, 0.1) is 0 Å². The van der Waals surface area contributed by atoms with Gasteiger partial charge in [-0.05, 0) is 47.9 Å². The second-order valence-electron chi connectivity index (χ2n) is 12.1. The van der Waals surface area contributed by atoms with E-state index < -0.39 is 42.1 Å². The molecule has 3 N–H and O–H groups in total. The Bertz CT molecular complexity index is 1710. The number of ether oxygens (including phenoxy) is 4. The molecule has 2 unspecified atom stereocenters. The van der Waals surface area contributed by atoms with E-state index in [1.807, 2.05) is 97.1 Å². The van der Waals surface area contributed by atoms with Crippen LogP contribution in [0.5, 0.6) is 0 Å². The van der Waals surface area contributed by atoms with Crippen LogP contribution in [0.25, 0.3) is 0 Å². The van der Waals surface area contributed by atoms with Gasteiger partial charge in [-0.25, -0.2) is 14.4 Å². The summed E-state index contributed by atoms with van der Waals surface area (Å²) < 4.78 is 21.5. The van der Waals surface area contributed by atoms with Crippen LogP contribution >= 0.6 is 0 Å². The van der Waals surface area contributed by atoms with Gasteiger partial charge in [0.1, 0.15) is 38.5 Å². The minimum Gasteiger partial charge on any atom is -0.461 e. The number of hydrogen-bond acceptors (Lipinski definition) is 9. The van der Waals surface area contributed by atoms with Crippen molar-refractivity contribution in [2.24, 2.45) is 0 Å². The van der Waals surface area contributed by atoms with Gasteiger partial charge in [0.15, 0.2) is 0 Å². The van der Waals surface area contributed by atoms with Crippen molar-refractivity contribution in [2.45, 2.75) is 70.6 Å². The molecule has 4 aromatic carbocycles. The molecule has 0 fully saturated rings. The third-order valence-corrected chi connectivity index (χ3v) is 7.93. The molecule has 12 heteroatoms. The van der Waals surface area contributed by atoms with Crippen molar-refractivity contribution in [2.75, 3.05) is 6.54 Å². The summed E-state index contributed by atoms with van der Waals surface area (Å²) in [5, 5.41) is 7.95. The van der Waals surface area contributed by atoms with Gasteiger partial charge in [-0.3, -0.25) is 9.59 Å². The normalized spacial score (nSPS) is 11.6. The first-order chi connectivity index (χ1) is 25.9. The van der Waals surface area contributed by atoms with Gasteiger partial charge in [0.05, 0.1) is 0 Å². The van der Waals surface area contributed by atoms with E-state index in [1.54, 1.807) is 24.3 Å². The van der Waals surface area contributed by atoms with Crippen molar-refractivity contribution in [1.29, 1.82) is 0 Å². The molecule has 0 saturated heterocycles. The predicted molar refractivity (Wildman–Crippen MR) is 196 cm³/mol. The number of rotatable bonds is 20. The largest absolute Gasteiger partial charge is 0.461 e. The summed E-state index contributed by atoms with van der Waals surface area (Å²) >= 11 is 0. The van der Waals surface area contributed by atoms with E-state index in [-0.39, 0.29) is 52.2 Å². The summed E-state index contributed by atoms with van der Waals surface area (Å²) in [5.74, 6) is -1.98. The lowest BCUT2D eigenvalue weighted by atomic mass is 10.1. The van der Waals surface area contributed by atoms with Crippen LogP contribution in [0.4, 0.5) is 9.59 Å². The van der Waals surface area contributed by atoms with E-state index in [2.05, 4.69) is 16.0 Å². The smallest absolute Gasteiger partial charge is 0.408 e. The minimum absolute atomic E-state index is 0.0183. The van der Waals surface area contributed by atoms with Crippen LogP contribution in [0.3, 0.4) is 0 Å². The van der Waals surface area contributed by atoms with Gasteiger partial charge in [0, 0.05) is 13.0 Å². The van der Waals surface area contributed by atoms with Crippen molar-refractivity contribution in [3.8, 4) is 0 Å². The molecule has 12 nitrogen and oxygen atoms in total. The fourth-order valence-electron chi connectivity index (χ4n) is 5.04. The second-order valence-corrected chi connectivity index (χ2v) is 12.1. The Morgan fingerprint density at radius 2 is 0.925 bits per heavy atom. The maximum Gasteiger partial charge on any atom is 0.408 e. The summed E-state index contributed by atoms with van der Waals surface area (Å²) in [6.07, 6.45) is -0.674. The third-order valence-electron chi connectivity index (χ3n) is 7.93. The van der Waals surface area contributed by atoms with Crippen molar-refractivity contribution < 1.29 is 42.9 Å². The standard InChI is InChI=1S/C41H45N3O9/c45-37(50-27-31-15-5-1-6-16-31)25-24-36(39(47)51-28-32-17-7-2-8-18-32)43-38(46)35(44-41(49)53-30-34-21-11-4-12-22-34)23-13-14-26-42-40(48)52-29-33-19-9-3-10-20-33/h1-12,15-22,35-36H,13-14,23-30H2,(H,42,48)(H,43,46)(H,44,49). The van der Waals surface area contributed by atoms with E-state index in [0.717, 1.165) is 22.3 Å². The molecule has 0 aliphatic heterocycles. The SMILES string of the molecule is O=C(CCC(NC(=O)C(CCCCNC(=O)OCc1ccccc1)NC(=O)OCc1ccccc1)C(=O)OCc1ccccc1)OCc1ccccc1. The van der Waals surface area contributed by atoms with Crippen molar-refractivity contribution in [3.05, 3.63) is 144 Å². The molecular formula is C41H45N3O9. The number of benzene rings is 4. The van der Waals surface area contributed by atoms with Crippen LogP contribution in [-0.2, 0) is 59.8 Å². The van der Waals surface area contributed by atoms with Gasteiger partial charge in [0.25, 0.3) is 0 Å². The maximum absolute atomic E-state index is 13.7. The molecule has 0 heterocycles. The Labute approximate surface area is 309 Å². The average molecular weight is 724 g/mol. The quantitative estimate of drug-likeness (QED) is 0.0554. The van der Waals surface area contributed by atoms with Crippen molar-refractivity contribution in [1.82, 2.24) is 16.0 Å². The molecule has 0 aliphatic rings. The van der Waals surface area contributed by atoms with Crippen LogP contribution < -0.4 is 16.0 Å². The lowest BCUT2D eigenvalue weighted by Crippen LogP contribution is -2.52. The van der Waals surface area contributed by atoms with E-state index in [1.165, 1.54) is 0 Å². The monoisotopic (exact) mass is 723 g/mol. The van der Waals surface area contributed by atoms with Crippen molar-refractivity contribution in [3.63, 3.8) is 0 Å². The number of amides is 3. The molecule has 4 aromatic rings. The molecule has 0 bridgehead atoms. The van der Waals surface area contributed by atoms with Crippen LogP contribution in [0.2, 0.25) is 0 Å². The maximum atomic E-state index is 13.7. The molecule has 3 amide bonds. The van der Waals surface area contributed by atoms with E-state index in [9.17, 15) is 24.0 Å². The topological polar surface area (TPSA) is 158 Å². The van der Waals surface area contributed by atoms with E-state index in [4.69, 9.17) is 18.9 Å². The molecule has 53 heavy (non-hydrogen) atoms. The van der Waals surface area contributed by atoms with E-state index in [0.29, 0.717) is 12.8 Å². The van der Waals surface area contributed by atoms with Gasteiger partial charge in [0.2, 0.25) is 5.91 Å². The third kappa shape index (κ3) is 15.7. The Kier molecular flexibility index (Phi) is 16.9. The zero-order valence-corrected chi connectivity index (χ0v) is 29.4. The molecule has 0 aliphatic carbocycles. The first kappa shape index (κ1) is 39.6. The first-order valence-corrected chi connectivity index (χ1v) is 17.5. The average Bonchev–Trinajstić information content (AvgIpc) is 3.20. The second kappa shape index (κ2) is 22.6. The predicted octanol–water partition coefficient (Wildman–Crippen LogP) is 6.13. The van der Waals surface area contributed by atoms with Crippen LogP contribution in [0.15, 0.2) is 121 Å². The number of unbranched alkanes of at least 4 members (excludes halogenated alkanes) is 1. The van der Waals surface area contributed by atoms with Crippen LogP contribution in [0.1, 0.15) is 54.4 Å². The highest BCUT2D eigenvalue weighted by atomic mass is 16.6. The van der Waals surface area contributed by atoms with Crippen LogP contribution in [-0.4, -0.2) is 48.7 Å². The Balaban J connectivity index is 1.35.